The van der Waals surface area contributed by atoms with Crippen LogP contribution in [0.15, 0.2) is 36.5 Å². The summed E-state index contributed by atoms with van der Waals surface area (Å²) < 4.78 is 10.4. The van der Waals surface area contributed by atoms with Crippen molar-refractivity contribution in [1.29, 1.82) is 5.26 Å². The van der Waals surface area contributed by atoms with Crippen molar-refractivity contribution in [2.75, 3.05) is 0 Å². The maximum Gasteiger partial charge on any atom is 0.308 e. The highest BCUT2D eigenvalue weighted by Crippen LogP contribution is 2.32. The molecule has 1 aromatic carbocycles. The summed E-state index contributed by atoms with van der Waals surface area (Å²) in [4.78, 5) is 14.8. The first-order valence-electron chi connectivity index (χ1n) is 5.61. The highest BCUT2D eigenvalue weighted by molar-refractivity contribution is 6.32. The van der Waals surface area contributed by atoms with E-state index in [-0.39, 0.29) is 10.9 Å². The third kappa shape index (κ3) is 3.25. The summed E-state index contributed by atoms with van der Waals surface area (Å²) in [6, 6.07) is 9.72. The van der Waals surface area contributed by atoms with Crippen LogP contribution in [-0.4, -0.2) is 11.0 Å². The van der Waals surface area contributed by atoms with Crippen molar-refractivity contribution < 1.29 is 14.3 Å². The van der Waals surface area contributed by atoms with Gasteiger partial charge in [0.1, 0.15) is 23.1 Å². The Hall–Kier alpha value is -2.58. The normalized spacial score (nSPS) is 9.65. The fraction of sp³-hybridized carbons (Fsp3) is 0.0714. The average Bonchev–Trinajstić information content (AvgIpc) is 2.42. The number of esters is 1. The standard InChI is InChI=1S/C14H9ClN2O3/c1-9(18)19-11-4-5-13(12(15)7-11)20-14-10(8-16)3-2-6-17-14/h2-7H,1H3. The first-order valence-corrected chi connectivity index (χ1v) is 5.99. The molecule has 6 heteroatoms. The maximum atomic E-state index is 10.8. The number of pyridine rings is 1. The summed E-state index contributed by atoms with van der Waals surface area (Å²) in [5.41, 5.74) is 0.299. The van der Waals surface area contributed by atoms with Gasteiger partial charge in [-0.05, 0) is 24.3 Å². The van der Waals surface area contributed by atoms with Gasteiger partial charge in [0.05, 0.1) is 5.02 Å². The molecule has 2 rings (SSSR count). The van der Waals surface area contributed by atoms with E-state index in [1.165, 1.54) is 31.3 Å². The van der Waals surface area contributed by atoms with E-state index in [9.17, 15) is 4.79 Å². The molecule has 0 bridgehead atoms. The monoisotopic (exact) mass is 288 g/mol. The van der Waals surface area contributed by atoms with E-state index in [4.69, 9.17) is 26.3 Å². The molecule has 5 nitrogen and oxygen atoms in total. The van der Waals surface area contributed by atoms with Crippen LogP contribution in [0.1, 0.15) is 12.5 Å². The van der Waals surface area contributed by atoms with Crippen LogP contribution < -0.4 is 9.47 Å². The highest BCUT2D eigenvalue weighted by atomic mass is 35.5. The third-order valence-electron chi connectivity index (χ3n) is 2.26. The van der Waals surface area contributed by atoms with Crippen molar-refractivity contribution in [2.45, 2.75) is 6.92 Å². The van der Waals surface area contributed by atoms with Crippen LogP contribution in [0.4, 0.5) is 0 Å². The molecule has 0 radical (unpaired) electrons. The molecule has 0 aliphatic rings. The molecule has 0 amide bonds. The minimum Gasteiger partial charge on any atom is -0.436 e. The number of nitriles is 1. The van der Waals surface area contributed by atoms with Crippen LogP contribution in [0.2, 0.25) is 5.02 Å². The van der Waals surface area contributed by atoms with E-state index in [0.29, 0.717) is 17.1 Å². The second-order valence-electron chi connectivity index (χ2n) is 3.76. The molecule has 0 atom stereocenters. The zero-order chi connectivity index (χ0) is 14.5. The minimum absolute atomic E-state index is 0.164. The molecule has 1 heterocycles. The van der Waals surface area contributed by atoms with Crippen molar-refractivity contribution in [3.8, 4) is 23.4 Å². The van der Waals surface area contributed by atoms with Gasteiger partial charge < -0.3 is 9.47 Å². The Kier molecular flexibility index (Phi) is 4.18. The number of aromatic nitrogens is 1. The first-order chi connectivity index (χ1) is 9.60. The molecule has 20 heavy (non-hydrogen) atoms. The summed E-state index contributed by atoms with van der Waals surface area (Å²) in [6.07, 6.45) is 1.51. The molecule has 0 saturated carbocycles. The van der Waals surface area contributed by atoms with E-state index in [1.807, 2.05) is 6.07 Å². The van der Waals surface area contributed by atoms with Crippen molar-refractivity contribution in [3.63, 3.8) is 0 Å². The van der Waals surface area contributed by atoms with E-state index >= 15 is 0 Å². The smallest absolute Gasteiger partial charge is 0.308 e. The van der Waals surface area contributed by atoms with E-state index < -0.39 is 5.97 Å². The van der Waals surface area contributed by atoms with Crippen LogP contribution in [0, 0.1) is 11.3 Å². The molecular formula is C14H9ClN2O3. The van der Waals surface area contributed by atoms with E-state index in [1.54, 1.807) is 12.1 Å². The van der Waals surface area contributed by atoms with Gasteiger partial charge in [0.2, 0.25) is 5.88 Å². The van der Waals surface area contributed by atoms with Crippen LogP contribution in [0.3, 0.4) is 0 Å². The summed E-state index contributed by atoms with van der Waals surface area (Å²) in [6.45, 7) is 1.30. The maximum absolute atomic E-state index is 10.8. The molecule has 0 fully saturated rings. The Balaban J connectivity index is 2.26. The predicted molar refractivity (Wildman–Crippen MR) is 71.8 cm³/mol. The lowest BCUT2D eigenvalue weighted by molar-refractivity contribution is -0.131. The minimum atomic E-state index is -0.439. The summed E-state index contributed by atoms with van der Waals surface area (Å²) >= 11 is 6.03. The van der Waals surface area contributed by atoms with Gasteiger partial charge in [-0.1, -0.05) is 11.6 Å². The van der Waals surface area contributed by atoms with Crippen molar-refractivity contribution in [1.82, 2.24) is 4.98 Å². The van der Waals surface area contributed by atoms with Crippen LogP contribution >= 0.6 is 11.6 Å². The molecule has 1 aromatic heterocycles. The number of benzene rings is 1. The Morgan fingerprint density at radius 2 is 2.20 bits per heavy atom. The van der Waals surface area contributed by atoms with Crippen LogP contribution in [0.5, 0.6) is 17.4 Å². The Morgan fingerprint density at radius 3 is 2.85 bits per heavy atom. The number of ether oxygens (including phenoxy) is 2. The molecule has 100 valence electrons. The molecule has 2 aromatic rings. The Bertz CT molecular complexity index is 695. The van der Waals surface area contributed by atoms with Gasteiger partial charge in [0.25, 0.3) is 0 Å². The van der Waals surface area contributed by atoms with Gasteiger partial charge >= 0.3 is 5.97 Å². The molecule has 0 aliphatic carbocycles. The average molecular weight is 289 g/mol. The fourth-order valence-corrected chi connectivity index (χ4v) is 1.66. The van der Waals surface area contributed by atoms with Crippen molar-refractivity contribution in [3.05, 3.63) is 47.1 Å². The lowest BCUT2D eigenvalue weighted by atomic mass is 10.3. The first kappa shape index (κ1) is 13.8. The zero-order valence-electron chi connectivity index (χ0n) is 10.5. The molecule has 0 spiro atoms. The topological polar surface area (TPSA) is 72.2 Å². The van der Waals surface area contributed by atoms with E-state index in [0.717, 1.165) is 0 Å². The highest BCUT2D eigenvalue weighted by Gasteiger charge is 2.10. The Labute approximate surface area is 120 Å². The second kappa shape index (κ2) is 6.04. The van der Waals surface area contributed by atoms with Crippen LogP contribution in [-0.2, 0) is 4.79 Å². The predicted octanol–water partition coefficient (Wildman–Crippen LogP) is 3.32. The second-order valence-corrected chi connectivity index (χ2v) is 4.16. The zero-order valence-corrected chi connectivity index (χ0v) is 11.2. The molecule has 0 N–H and O–H groups in total. The van der Waals surface area contributed by atoms with Gasteiger partial charge in [-0.15, -0.1) is 0 Å². The van der Waals surface area contributed by atoms with Gasteiger partial charge in [-0.25, -0.2) is 4.98 Å². The summed E-state index contributed by atoms with van der Waals surface area (Å²) in [5.74, 6) is 0.359. The quantitative estimate of drug-likeness (QED) is 0.640. The number of carbonyl (C=O) groups is 1. The largest absolute Gasteiger partial charge is 0.436 e. The molecule has 0 aliphatic heterocycles. The molecule has 0 saturated heterocycles. The van der Waals surface area contributed by atoms with Crippen molar-refractivity contribution in [2.24, 2.45) is 0 Å². The SMILES string of the molecule is CC(=O)Oc1ccc(Oc2ncccc2C#N)c(Cl)c1. The fourth-order valence-electron chi connectivity index (χ4n) is 1.46. The van der Waals surface area contributed by atoms with Gasteiger partial charge in [-0.2, -0.15) is 5.26 Å². The number of carbonyl (C=O) groups excluding carboxylic acids is 1. The number of nitrogens with zero attached hydrogens (tertiary/aromatic N) is 2. The number of rotatable bonds is 3. The van der Waals surface area contributed by atoms with Crippen LogP contribution in [0.25, 0.3) is 0 Å². The summed E-state index contributed by atoms with van der Waals surface area (Å²) in [5, 5.41) is 9.20. The number of hydrogen-bond acceptors (Lipinski definition) is 5. The lowest BCUT2D eigenvalue weighted by Gasteiger charge is -2.09. The molecule has 0 unspecified atom stereocenters. The lowest BCUT2D eigenvalue weighted by Crippen LogP contribution is -2.01. The van der Waals surface area contributed by atoms with Gasteiger partial charge in [-0.3, -0.25) is 4.79 Å². The number of halogens is 1. The summed E-state index contributed by atoms with van der Waals surface area (Å²) in [7, 11) is 0. The van der Waals surface area contributed by atoms with Gasteiger partial charge in [0, 0.05) is 19.2 Å². The Morgan fingerprint density at radius 1 is 1.40 bits per heavy atom. The third-order valence-corrected chi connectivity index (χ3v) is 2.56. The van der Waals surface area contributed by atoms with E-state index in [2.05, 4.69) is 4.98 Å². The molecular weight excluding hydrogens is 280 g/mol. The van der Waals surface area contributed by atoms with Gasteiger partial charge in [0.15, 0.2) is 0 Å². The van der Waals surface area contributed by atoms with Crippen molar-refractivity contribution >= 4 is 17.6 Å². The number of hydrogen-bond donors (Lipinski definition) is 0.